The molecule has 0 fully saturated rings. The van der Waals surface area contributed by atoms with Gasteiger partial charge in [-0.05, 0) is 65.1 Å². The van der Waals surface area contributed by atoms with Gasteiger partial charge in [0.05, 0.1) is 0 Å². The minimum absolute atomic E-state index is 0.0513. The Balaban J connectivity index is 1.99. The van der Waals surface area contributed by atoms with Gasteiger partial charge < -0.3 is 14.3 Å². The van der Waals surface area contributed by atoms with E-state index in [1.165, 1.54) is 6.07 Å². The van der Waals surface area contributed by atoms with Gasteiger partial charge in [-0.15, -0.1) is 0 Å². The van der Waals surface area contributed by atoms with Gasteiger partial charge in [-0.25, -0.2) is 9.59 Å². The maximum absolute atomic E-state index is 13.0. The molecule has 1 heterocycles. The van der Waals surface area contributed by atoms with Crippen molar-refractivity contribution in [3.05, 3.63) is 74.1 Å². The lowest BCUT2D eigenvalue weighted by Crippen LogP contribution is -2.10. The number of aromatic hydroxyl groups is 1. The SMILES string of the molecule is Cc1cc2oc(=O)cc(COC(=O)c3cc(C(C)C)cc(C(C)C)c3O)c2cc1C(C)C. The van der Waals surface area contributed by atoms with E-state index in [4.69, 9.17) is 9.15 Å². The van der Waals surface area contributed by atoms with Crippen molar-refractivity contribution < 1.29 is 19.1 Å². The highest BCUT2D eigenvalue weighted by atomic mass is 16.5. The van der Waals surface area contributed by atoms with Crippen molar-refractivity contribution >= 4 is 16.9 Å². The summed E-state index contributed by atoms with van der Waals surface area (Å²) in [5.74, 6) is -0.123. The fourth-order valence-corrected chi connectivity index (χ4v) is 3.96. The molecule has 0 aliphatic heterocycles. The van der Waals surface area contributed by atoms with Crippen LogP contribution in [-0.4, -0.2) is 11.1 Å². The molecular formula is C27H32O5. The number of hydrogen-bond acceptors (Lipinski definition) is 5. The number of carbonyl (C=O) groups excluding carboxylic acids is 1. The van der Waals surface area contributed by atoms with Gasteiger partial charge >= 0.3 is 11.6 Å². The Morgan fingerprint density at radius 3 is 2.19 bits per heavy atom. The van der Waals surface area contributed by atoms with Gasteiger partial charge in [0.25, 0.3) is 0 Å². The fraction of sp³-hybridized carbons (Fsp3) is 0.407. The number of rotatable bonds is 6. The summed E-state index contributed by atoms with van der Waals surface area (Å²) in [6, 6.07) is 8.83. The summed E-state index contributed by atoms with van der Waals surface area (Å²) < 4.78 is 11.0. The second kappa shape index (κ2) is 9.19. The van der Waals surface area contributed by atoms with Crippen LogP contribution >= 0.6 is 0 Å². The summed E-state index contributed by atoms with van der Waals surface area (Å²) in [6.07, 6.45) is 0. The van der Waals surface area contributed by atoms with Crippen molar-refractivity contribution in [2.45, 2.75) is 72.8 Å². The maximum Gasteiger partial charge on any atom is 0.342 e. The zero-order chi connectivity index (χ0) is 23.7. The lowest BCUT2D eigenvalue weighted by atomic mass is 9.92. The van der Waals surface area contributed by atoms with Crippen LogP contribution in [0.4, 0.5) is 0 Å². The molecule has 3 rings (SSSR count). The molecule has 0 saturated carbocycles. The van der Waals surface area contributed by atoms with E-state index in [-0.39, 0.29) is 29.8 Å². The Morgan fingerprint density at radius 2 is 1.59 bits per heavy atom. The first-order valence-electron chi connectivity index (χ1n) is 11.1. The number of ether oxygens (including phenoxy) is 1. The molecule has 5 heteroatoms. The van der Waals surface area contributed by atoms with Crippen molar-refractivity contribution in [3.63, 3.8) is 0 Å². The van der Waals surface area contributed by atoms with Crippen molar-refractivity contribution in [3.8, 4) is 5.75 Å². The Hall–Kier alpha value is -3.08. The van der Waals surface area contributed by atoms with Gasteiger partial charge in [0.1, 0.15) is 23.5 Å². The van der Waals surface area contributed by atoms with Crippen molar-refractivity contribution in [1.82, 2.24) is 0 Å². The predicted octanol–water partition coefficient (Wildman–Crippen LogP) is 6.53. The first kappa shape index (κ1) is 23.6. The summed E-state index contributed by atoms with van der Waals surface area (Å²) >= 11 is 0. The van der Waals surface area contributed by atoms with Gasteiger partial charge in [0, 0.05) is 17.0 Å². The van der Waals surface area contributed by atoms with Gasteiger partial charge in [-0.2, -0.15) is 0 Å². The summed E-state index contributed by atoms with van der Waals surface area (Å²) in [7, 11) is 0. The van der Waals surface area contributed by atoms with E-state index < -0.39 is 11.6 Å². The number of phenols is 1. The third kappa shape index (κ3) is 4.72. The first-order valence-corrected chi connectivity index (χ1v) is 11.1. The van der Waals surface area contributed by atoms with E-state index in [0.717, 1.165) is 22.1 Å². The Kier molecular flexibility index (Phi) is 6.77. The molecule has 0 atom stereocenters. The standard InChI is InChI=1S/C27H32O5/c1-14(2)18-9-21(16(5)6)26(29)23(10-18)27(30)31-13-19-11-25(28)32-24-8-17(7)20(15(3)4)12-22(19)24/h8-12,14-16,29H,13H2,1-7H3. The van der Waals surface area contributed by atoms with Crippen LogP contribution in [0.3, 0.4) is 0 Å². The van der Waals surface area contributed by atoms with E-state index in [0.29, 0.717) is 22.6 Å². The summed E-state index contributed by atoms with van der Waals surface area (Å²) in [5, 5.41) is 11.5. The average molecular weight is 437 g/mol. The molecule has 1 N–H and O–H groups in total. The van der Waals surface area contributed by atoms with Crippen LogP contribution in [-0.2, 0) is 11.3 Å². The molecule has 32 heavy (non-hydrogen) atoms. The van der Waals surface area contributed by atoms with Crippen LogP contribution in [0.2, 0.25) is 0 Å². The van der Waals surface area contributed by atoms with Crippen molar-refractivity contribution in [2.24, 2.45) is 0 Å². The van der Waals surface area contributed by atoms with Crippen molar-refractivity contribution in [1.29, 1.82) is 0 Å². The molecule has 0 aliphatic rings. The molecule has 0 radical (unpaired) electrons. The van der Waals surface area contributed by atoms with Gasteiger partial charge in [-0.3, -0.25) is 0 Å². The highest BCUT2D eigenvalue weighted by Gasteiger charge is 2.21. The highest BCUT2D eigenvalue weighted by Crippen LogP contribution is 2.34. The quantitative estimate of drug-likeness (QED) is 0.351. The molecule has 170 valence electrons. The molecule has 0 amide bonds. The minimum atomic E-state index is -0.621. The van der Waals surface area contributed by atoms with Crippen molar-refractivity contribution in [2.75, 3.05) is 0 Å². The second-order valence-corrected chi connectivity index (χ2v) is 9.34. The molecule has 0 aliphatic carbocycles. The molecule has 5 nitrogen and oxygen atoms in total. The van der Waals surface area contributed by atoms with Crippen LogP contribution in [0.15, 0.2) is 39.5 Å². The number of aryl methyl sites for hydroxylation is 1. The maximum atomic E-state index is 13.0. The highest BCUT2D eigenvalue weighted by molar-refractivity contribution is 5.93. The monoisotopic (exact) mass is 436 g/mol. The minimum Gasteiger partial charge on any atom is -0.507 e. The lowest BCUT2D eigenvalue weighted by Gasteiger charge is -2.17. The molecule has 0 saturated heterocycles. The van der Waals surface area contributed by atoms with Gasteiger partial charge in [0.15, 0.2) is 0 Å². The largest absolute Gasteiger partial charge is 0.507 e. The topological polar surface area (TPSA) is 76.7 Å². The molecule has 1 aromatic heterocycles. The number of fused-ring (bicyclic) bond motifs is 1. The molecule has 2 aromatic carbocycles. The van der Waals surface area contributed by atoms with E-state index >= 15 is 0 Å². The lowest BCUT2D eigenvalue weighted by molar-refractivity contribution is 0.0470. The molecule has 0 bridgehead atoms. The Bertz CT molecular complexity index is 1210. The second-order valence-electron chi connectivity index (χ2n) is 9.34. The summed E-state index contributed by atoms with van der Waals surface area (Å²) in [6.45, 7) is 14.1. The van der Waals surface area contributed by atoms with Crippen LogP contribution < -0.4 is 5.63 Å². The normalized spacial score (nSPS) is 11.7. The smallest absolute Gasteiger partial charge is 0.342 e. The van der Waals surface area contributed by atoms with E-state index in [2.05, 4.69) is 13.8 Å². The summed E-state index contributed by atoms with van der Waals surface area (Å²) in [5.41, 5.74) is 4.56. The van der Waals surface area contributed by atoms with Crippen LogP contribution in [0.1, 0.15) is 97.5 Å². The Morgan fingerprint density at radius 1 is 0.938 bits per heavy atom. The third-order valence-corrected chi connectivity index (χ3v) is 5.87. The number of benzene rings is 2. The van der Waals surface area contributed by atoms with E-state index in [9.17, 15) is 14.7 Å². The van der Waals surface area contributed by atoms with Crippen LogP contribution in [0.5, 0.6) is 5.75 Å². The molecule has 0 unspecified atom stereocenters. The molecule has 0 spiro atoms. The zero-order valence-corrected chi connectivity index (χ0v) is 19.9. The summed E-state index contributed by atoms with van der Waals surface area (Å²) in [4.78, 5) is 25.1. The van der Waals surface area contributed by atoms with E-state index in [1.54, 1.807) is 6.07 Å². The third-order valence-electron chi connectivity index (χ3n) is 5.87. The van der Waals surface area contributed by atoms with Gasteiger partial charge in [-0.1, -0.05) is 47.6 Å². The van der Waals surface area contributed by atoms with E-state index in [1.807, 2.05) is 52.8 Å². The van der Waals surface area contributed by atoms with Gasteiger partial charge in [0.2, 0.25) is 0 Å². The fourth-order valence-electron chi connectivity index (χ4n) is 3.96. The predicted molar refractivity (Wildman–Crippen MR) is 127 cm³/mol. The number of hydrogen-bond donors (Lipinski definition) is 1. The molecular weight excluding hydrogens is 404 g/mol. The number of phenolic OH excluding ortho intramolecular Hbond substituents is 1. The Labute approximate surface area is 189 Å². The first-order chi connectivity index (χ1) is 15.0. The van der Waals surface area contributed by atoms with Crippen LogP contribution in [0, 0.1) is 6.92 Å². The molecule has 3 aromatic rings. The number of carbonyl (C=O) groups is 1. The average Bonchev–Trinajstić information content (AvgIpc) is 2.70. The number of esters is 1. The van der Waals surface area contributed by atoms with Crippen LogP contribution in [0.25, 0.3) is 11.0 Å². The zero-order valence-electron chi connectivity index (χ0n) is 19.9.